The molecule has 1 aromatic rings. The molecule has 0 spiro atoms. The first-order valence-corrected chi connectivity index (χ1v) is 9.89. The molecule has 1 N–H and O–H groups in total. The van der Waals surface area contributed by atoms with Crippen LogP contribution in [0.25, 0.3) is 0 Å². The Labute approximate surface area is 150 Å². The summed E-state index contributed by atoms with van der Waals surface area (Å²) in [6.45, 7) is 1.78. The van der Waals surface area contributed by atoms with E-state index in [9.17, 15) is 5.11 Å². The van der Waals surface area contributed by atoms with Crippen LogP contribution in [-0.4, -0.2) is 34.2 Å². The molecule has 24 heavy (non-hydrogen) atoms. The predicted octanol–water partition coefficient (Wildman–Crippen LogP) is 3.93. The van der Waals surface area contributed by atoms with Crippen molar-refractivity contribution in [2.45, 2.75) is 56.6 Å². The number of hydrogen-bond donors (Lipinski definition) is 2. The SMILES string of the molecule is OC12CC3CC(C1)C(N(S)CCCCOc1ccccc1)C(C3)C2. The van der Waals surface area contributed by atoms with Crippen molar-refractivity contribution in [2.75, 3.05) is 13.2 Å². The minimum Gasteiger partial charge on any atom is -0.494 e. The molecule has 2 unspecified atom stereocenters. The number of ether oxygens (including phenoxy) is 1. The molecular weight excluding hydrogens is 318 g/mol. The number of rotatable bonds is 7. The highest BCUT2D eigenvalue weighted by molar-refractivity contribution is 7.77. The fourth-order valence-electron chi connectivity index (χ4n) is 5.67. The molecule has 3 nitrogen and oxygen atoms in total. The molecule has 132 valence electrons. The molecule has 1 aromatic carbocycles. The highest BCUT2D eigenvalue weighted by Gasteiger charge is 2.55. The van der Waals surface area contributed by atoms with E-state index in [1.807, 2.05) is 30.3 Å². The molecule has 0 amide bonds. The second kappa shape index (κ2) is 6.89. The molecule has 0 aliphatic heterocycles. The maximum atomic E-state index is 10.7. The fourth-order valence-corrected chi connectivity index (χ4v) is 6.19. The predicted molar refractivity (Wildman–Crippen MR) is 99.2 cm³/mol. The van der Waals surface area contributed by atoms with Crippen molar-refractivity contribution >= 4 is 12.8 Å². The normalized spacial score (nSPS) is 37.1. The van der Waals surface area contributed by atoms with Gasteiger partial charge in [-0.3, -0.25) is 0 Å². The summed E-state index contributed by atoms with van der Waals surface area (Å²) in [7, 11) is 0. The van der Waals surface area contributed by atoms with E-state index in [-0.39, 0.29) is 5.60 Å². The molecule has 2 atom stereocenters. The van der Waals surface area contributed by atoms with E-state index in [1.54, 1.807) is 0 Å². The quantitative estimate of drug-likeness (QED) is 0.579. The summed E-state index contributed by atoms with van der Waals surface area (Å²) >= 11 is 4.83. The first kappa shape index (κ1) is 16.7. The number of thiol groups is 1. The monoisotopic (exact) mass is 347 g/mol. The Bertz CT molecular complexity index is 536. The average molecular weight is 348 g/mol. The Kier molecular flexibility index (Phi) is 4.81. The highest BCUT2D eigenvalue weighted by atomic mass is 32.1. The van der Waals surface area contributed by atoms with Crippen LogP contribution < -0.4 is 4.74 Å². The standard InChI is InChI=1S/C20H29NO2S/c22-20-12-15-10-16(13-20)19(17(11-15)14-20)21(24)8-4-5-9-23-18-6-2-1-3-7-18/h1-3,6-7,15-17,19,22,24H,4-5,8-14H2. The number of unbranched alkanes of at least 4 members (excludes halogenated alkanes) is 1. The molecule has 4 bridgehead atoms. The van der Waals surface area contributed by atoms with Gasteiger partial charge in [-0.1, -0.05) is 31.0 Å². The van der Waals surface area contributed by atoms with Crippen LogP contribution in [0.15, 0.2) is 30.3 Å². The fraction of sp³-hybridized carbons (Fsp3) is 0.700. The van der Waals surface area contributed by atoms with Crippen LogP contribution >= 0.6 is 12.8 Å². The third kappa shape index (κ3) is 3.47. The second-order valence-corrected chi connectivity index (χ2v) is 8.73. The number of benzene rings is 1. The summed E-state index contributed by atoms with van der Waals surface area (Å²) < 4.78 is 8.06. The lowest BCUT2D eigenvalue weighted by atomic mass is 9.52. The molecule has 4 aliphatic rings. The summed E-state index contributed by atoms with van der Waals surface area (Å²) in [4.78, 5) is 0. The van der Waals surface area contributed by atoms with E-state index < -0.39 is 0 Å². The van der Waals surface area contributed by atoms with Crippen molar-refractivity contribution in [3.05, 3.63) is 30.3 Å². The molecule has 4 heteroatoms. The zero-order valence-corrected chi connectivity index (χ0v) is 15.2. The van der Waals surface area contributed by atoms with E-state index in [2.05, 4.69) is 4.31 Å². The molecule has 5 rings (SSSR count). The Hall–Kier alpha value is -0.710. The van der Waals surface area contributed by atoms with Crippen LogP contribution in [0.4, 0.5) is 0 Å². The molecule has 4 fully saturated rings. The minimum atomic E-state index is -0.342. The number of hydrogen-bond acceptors (Lipinski definition) is 4. The van der Waals surface area contributed by atoms with Gasteiger partial charge in [-0.15, -0.1) is 0 Å². The summed E-state index contributed by atoms with van der Waals surface area (Å²) in [5.41, 5.74) is -0.342. The van der Waals surface area contributed by atoms with Crippen LogP contribution in [0.2, 0.25) is 0 Å². The van der Waals surface area contributed by atoms with Gasteiger partial charge in [-0.2, -0.15) is 0 Å². The van der Waals surface area contributed by atoms with Crippen LogP contribution in [0, 0.1) is 17.8 Å². The van der Waals surface area contributed by atoms with Crippen molar-refractivity contribution in [1.82, 2.24) is 4.31 Å². The zero-order chi connectivity index (χ0) is 16.6. The van der Waals surface area contributed by atoms with Crippen molar-refractivity contribution in [1.29, 1.82) is 0 Å². The van der Waals surface area contributed by atoms with Crippen molar-refractivity contribution in [3.63, 3.8) is 0 Å². The first-order chi connectivity index (χ1) is 11.6. The number of para-hydroxylation sites is 1. The Morgan fingerprint density at radius 3 is 2.46 bits per heavy atom. The Morgan fingerprint density at radius 2 is 1.79 bits per heavy atom. The molecule has 0 aromatic heterocycles. The maximum absolute atomic E-state index is 10.7. The van der Waals surface area contributed by atoms with Gasteiger partial charge >= 0.3 is 0 Å². The highest BCUT2D eigenvalue weighted by Crippen LogP contribution is 2.57. The van der Waals surface area contributed by atoms with Crippen LogP contribution in [0.1, 0.15) is 44.9 Å². The second-order valence-electron chi connectivity index (χ2n) is 8.22. The van der Waals surface area contributed by atoms with Crippen LogP contribution in [-0.2, 0) is 0 Å². The summed E-state index contributed by atoms with van der Waals surface area (Å²) in [5.74, 6) is 3.03. The van der Waals surface area contributed by atoms with Crippen molar-refractivity contribution in [2.24, 2.45) is 17.8 Å². The Morgan fingerprint density at radius 1 is 1.08 bits per heavy atom. The number of nitrogens with zero attached hydrogens (tertiary/aromatic N) is 1. The van der Waals surface area contributed by atoms with Crippen LogP contribution in [0.3, 0.4) is 0 Å². The van der Waals surface area contributed by atoms with Gasteiger partial charge in [-0.05, 0) is 74.8 Å². The molecule has 0 radical (unpaired) electrons. The van der Waals surface area contributed by atoms with Crippen molar-refractivity contribution < 1.29 is 9.84 Å². The third-order valence-corrected chi connectivity index (χ3v) is 6.80. The lowest BCUT2D eigenvalue weighted by Crippen LogP contribution is -2.60. The van der Waals surface area contributed by atoms with Crippen LogP contribution in [0.5, 0.6) is 5.75 Å². The van der Waals surface area contributed by atoms with Gasteiger partial charge < -0.3 is 9.84 Å². The lowest BCUT2D eigenvalue weighted by Gasteiger charge is -2.59. The number of aliphatic hydroxyl groups is 1. The van der Waals surface area contributed by atoms with Gasteiger partial charge in [0.1, 0.15) is 5.75 Å². The van der Waals surface area contributed by atoms with Gasteiger partial charge in [0.2, 0.25) is 0 Å². The van der Waals surface area contributed by atoms with E-state index in [0.717, 1.165) is 56.9 Å². The van der Waals surface area contributed by atoms with Gasteiger partial charge in [0.05, 0.1) is 12.2 Å². The third-order valence-electron chi connectivity index (χ3n) is 6.33. The van der Waals surface area contributed by atoms with Gasteiger partial charge in [0, 0.05) is 12.6 Å². The molecule has 4 aliphatic carbocycles. The lowest BCUT2D eigenvalue weighted by molar-refractivity contribution is -0.148. The van der Waals surface area contributed by atoms with E-state index in [4.69, 9.17) is 17.6 Å². The topological polar surface area (TPSA) is 32.7 Å². The summed E-state index contributed by atoms with van der Waals surface area (Å²) in [5, 5.41) is 10.7. The molecule has 4 saturated carbocycles. The van der Waals surface area contributed by atoms with E-state index in [0.29, 0.717) is 17.9 Å². The molecule has 0 saturated heterocycles. The van der Waals surface area contributed by atoms with Gasteiger partial charge in [-0.25, -0.2) is 4.31 Å². The minimum absolute atomic E-state index is 0.342. The van der Waals surface area contributed by atoms with E-state index >= 15 is 0 Å². The largest absolute Gasteiger partial charge is 0.494 e. The van der Waals surface area contributed by atoms with Crippen molar-refractivity contribution in [3.8, 4) is 5.75 Å². The maximum Gasteiger partial charge on any atom is 0.119 e. The Balaban J connectivity index is 1.22. The van der Waals surface area contributed by atoms with E-state index in [1.165, 1.54) is 12.8 Å². The zero-order valence-electron chi connectivity index (χ0n) is 14.3. The first-order valence-electron chi connectivity index (χ1n) is 9.49. The summed E-state index contributed by atoms with van der Waals surface area (Å²) in [6, 6.07) is 10.6. The molecular formula is C20H29NO2S. The smallest absolute Gasteiger partial charge is 0.119 e. The van der Waals surface area contributed by atoms with Gasteiger partial charge in [0.15, 0.2) is 0 Å². The average Bonchev–Trinajstić information content (AvgIpc) is 2.53. The summed E-state index contributed by atoms with van der Waals surface area (Å²) in [6.07, 6.45) is 7.82. The molecule has 0 heterocycles. The van der Waals surface area contributed by atoms with Gasteiger partial charge in [0.25, 0.3) is 0 Å².